The quantitative estimate of drug-likeness (QED) is 0.458. The van der Waals surface area contributed by atoms with E-state index in [0.29, 0.717) is 6.04 Å². The third-order valence-corrected chi connectivity index (χ3v) is 8.70. The molecule has 1 spiro atoms. The van der Waals surface area contributed by atoms with Crippen molar-refractivity contribution in [3.63, 3.8) is 0 Å². The molecule has 2 heterocycles. The second kappa shape index (κ2) is 8.64. The van der Waals surface area contributed by atoms with Crippen molar-refractivity contribution in [3.05, 3.63) is 59.4 Å². The highest BCUT2D eigenvalue weighted by Gasteiger charge is 2.56. The standard InChI is InChI=1S/C29H33N3O4/c1-18-9-10-22-23(31(18)28(34)36-3)11-12-24-26(22)30-25(13-19-7-5-4-6-8-19)32(24)21-16-29(17-21)14-20(15-29)27(33)35-2/h4-8,11-12,18,20-21H,9-10,13-17H2,1-3H3/t18-,20?,21?,29?/m0/s1. The van der Waals surface area contributed by atoms with Crippen LogP contribution in [0.1, 0.15) is 62.0 Å². The van der Waals surface area contributed by atoms with Gasteiger partial charge in [-0.1, -0.05) is 30.3 Å². The van der Waals surface area contributed by atoms with Gasteiger partial charge in [-0.25, -0.2) is 9.78 Å². The predicted octanol–water partition coefficient (Wildman–Crippen LogP) is 5.44. The van der Waals surface area contributed by atoms with Gasteiger partial charge in [0.15, 0.2) is 0 Å². The van der Waals surface area contributed by atoms with Crippen LogP contribution in [0.5, 0.6) is 0 Å². The Kier molecular flexibility index (Phi) is 5.54. The van der Waals surface area contributed by atoms with Crippen LogP contribution < -0.4 is 4.90 Å². The van der Waals surface area contributed by atoms with Gasteiger partial charge >= 0.3 is 12.1 Å². The van der Waals surface area contributed by atoms with Gasteiger partial charge < -0.3 is 14.0 Å². The van der Waals surface area contributed by atoms with E-state index in [4.69, 9.17) is 14.5 Å². The number of anilines is 1. The molecule has 7 heteroatoms. The van der Waals surface area contributed by atoms with E-state index in [2.05, 4.69) is 47.9 Å². The topological polar surface area (TPSA) is 73.7 Å². The Hall–Kier alpha value is -3.35. The molecule has 2 aliphatic carbocycles. The molecule has 2 aromatic carbocycles. The average Bonchev–Trinajstić information content (AvgIpc) is 3.20. The number of methoxy groups -OCH3 is 2. The number of rotatable bonds is 4. The first kappa shape index (κ1) is 23.1. The van der Waals surface area contributed by atoms with Crippen molar-refractivity contribution in [2.45, 2.75) is 64.0 Å². The summed E-state index contributed by atoms with van der Waals surface area (Å²) in [5.41, 5.74) is 5.68. The predicted molar refractivity (Wildman–Crippen MR) is 137 cm³/mol. The maximum atomic E-state index is 12.6. The molecule has 188 valence electrons. The molecule has 2 saturated carbocycles. The fourth-order valence-electron chi connectivity index (χ4n) is 6.91. The number of nitrogens with zero attached hydrogens (tertiary/aromatic N) is 3. The molecule has 1 amide bonds. The summed E-state index contributed by atoms with van der Waals surface area (Å²) in [5, 5.41) is 0. The highest BCUT2D eigenvalue weighted by molar-refractivity contribution is 5.95. The number of amides is 1. The Morgan fingerprint density at radius 1 is 1.03 bits per heavy atom. The van der Waals surface area contributed by atoms with Gasteiger partial charge in [0, 0.05) is 24.1 Å². The van der Waals surface area contributed by atoms with Gasteiger partial charge in [-0.3, -0.25) is 9.69 Å². The van der Waals surface area contributed by atoms with Crippen molar-refractivity contribution < 1.29 is 19.1 Å². The molecule has 3 aliphatic rings. The SMILES string of the molecule is COC(=O)C1CC2(C1)CC(n1c(Cc3ccccc3)nc3c4c(ccc31)N(C(=O)OC)[C@@H](C)CC4)C2. The van der Waals surface area contributed by atoms with Gasteiger partial charge in [-0.2, -0.15) is 0 Å². The maximum absolute atomic E-state index is 12.6. The second-order valence-corrected chi connectivity index (χ2v) is 10.9. The van der Waals surface area contributed by atoms with Gasteiger partial charge in [0.05, 0.1) is 36.9 Å². The summed E-state index contributed by atoms with van der Waals surface area (Å²) in [6, 6.07) is 15.1. The van der Waals surface area contributed by atoms with E-state index >= 15 is 0 Å². The summed E-state index contributed by atoms with van der Waals surface area (Å²) in [6.45, 7) is 2.07. The lowest BCUT2D eigenvalue weighted by atomic mass is 9.50. The summed E-state index contributed by atoms with van der Waals surface area (Å²) in [5.74, 6) is 1.05. The molecule has 1 atom stereocenters. The van der Waals surface area contributed by atoms with Crippen LogP contribution in [0.2, 0.25) is 0 Å². The third-order valence-electron chi connectivity index (χ3n) is 8.70. The van der Waals surface area contributed by atoms with Crippen molar-refractivity contribution >= 4 is 28.8 Å². The molecule has 7 nitrogen and oxygen atoms in total. The number of aromatic nitrogens is 2. The molecule has 0 N–H and O–H groups in total. The molecule has 0 saturated heterocycles. The van der Waals surface area contributed by atoms with Crippen LogP contribution in [0.15, 0.2) is 42.5 Å². The minimum absolute atomic E-state index is 0.0533. The number of benzene rings is 2. The molecule has 0 unspecified atom stereocenters. The minimum atomic E-state index is -0.321. The Labute approximate surface area is 211 Å². The smallest absolute Gasteiger partial charge is 0.414 e. The first-order chi connectivity index (χ1) is 17.4. The van der Waals surface area contributed by atoms with E-state index in [0.717, 1.165) is 73.1 Å². The normalized spacial score (nSPS) is 26.8. The van der Waals surface area contributed by atoms with E-state index in [1.807, 2.05) is 6.07 Å². The van der Waals surface area contributed by atoms with Crippen molar-refractivity contribution in [2.24, 2.45) is 11.3 Å². The van der Waals surface area contributed by atoms with Gasteiger partial charge in [-0.05, 0) is 68.6 Å². The zero-order chi connectivity index (χ0) is 25.0. The van der Waals surface area contributed by atoms with E-state index in [9.17, 15) is 9.59 Å². The van der Waals surface area contributed by atoms with Crippen LogP contribution >= 0.6 is 0 Å². The summed E-state index contributed by atoms with van der Waals surface area (Å²) in [6.07, 6.45) is 6.19. The van der Waals surface area contributed by atoms with E-state index in [1.165, 1.54) is 19.8 Å². The van der Waals surface area contributed by atoms with Crippen molar-refractivity contribution in [2.75, 3.05) is 19.1 Å². The first-order valence-electron chi connectivity index (χ1n) is 12.9. The van der Waals surface area contributed by atoms with Crippen molar-refractivity contribution in [1.29, 1.82) is 0 Å². The fraction of sp³-hybridized carbons (Fsp3) is 0.483. The molecule has 2 fully saturated rings. The summed E-state index contributed by atoms with van der Waals surface area (Å²) >= 11 is 0. The molecule has 36 heavy (non-hydrogen) atoms. The van der Waals surface area contributed by atoms with Crippen LogP contribution in [-0.2, 0) is 27.1 Å². The Bertz CT molecular complexity index is 1320. The fourth-order valence-corrected chi connectivity index (χ4v) is 6.91. The van der Waals surface area contributed by atoms with Crippen molar-refractivity contribution in [3.8, 4) is 0 Å². The van der Waals surface area contributed by atoms with E-state index in [1.54, 1.807) is 4.90 Å². The lowest BCUT2D eigenvalue weighted by Crippen LogP contribution is -2.50. The Balaban J connectivity index is 1.38. The number of aryl methyl sites for hydroxylation is 1. The lowest BCUT2D eigenvalue weighted by Gasteiger charge is -2.57. The Morgan fingerprint density at radius 2 is 1.78 bits per heavy atom. The van der Waals surface area contributed by atoms with Crippen LogP contribution in [-0.4, -0.2) is 41.9 Å². The number of fused-ring (bicyclic) bond motifs is 3. The van der Waals surface area contributed by atoms with Gasteiger partial charge in [0.2, 0.25) is 0 Å². The average molecular weight is 488 g/mol. The molecule has 6 rings (SSSR count). The summed E-state index contributed by atoms with van der Waals surface area (Å²) in [4.78, 5) is 31.5. The molecule has 1 aliphatic heterocycles. The van der Waals surface area contributed by atoms with Gasteiger partial charge in [0.25, 0.3) is 0 Å². The molecule has 1 aromatic heterocycles. The molecule has 0 bridgehead atoms. The molecule has 0 radical (unpaired) electrons. The van der Waals surface area contributed by atoms with Gasteiger partial charge in [-0.15, -0.1) is 0 Å². The number of imidazole rings is 1. The monoisotopic (exact) mass is 487 g/mol. The van der Waals surface area contributed by atoms with Gasteiger partial charge in [0.1, 0.15) is 5.82 Å². The van der Waals surface area contributed by atoms with Crippen LogP contribution in [0.4, 0.5) is 10.5 Å². The van der Waals surface area contributed by atoms with Crippen LogP contribution in [0.3, 0.4) is 0 Å². The van der Waals surface area contributed by atoms with Crippen LogP contribution in [0, 0.1) is 11.3 Å². The number of carbonyl (C=O) groups is 2. The first-order valence-corrected chi connectivity index (χ1v) is 12.9. The zero-order valence-corrected chi connectivity index (χ0v) is 21.2. The van der Waals surface area contributed by atoms with E-state index < -0.39 is 0 Å². The number of hydrogen-bond donors (Lipinski definition) is 0. The van der Waals surface area contributed by atoms with Crippen molar-refractivity contribution in [1.82, 2.24) is 9.55 Å². The summed E-state index contributed by atoms with van der Waals surface area (Å²) in [7, 11) is 2.92. The highest BCUT2D eigenvalue weighted by Crippen LogP contribution is 2.63. The molecular formula is C29H33N3O4. The zero-order valence-electron chi connectivity index (χ0n) is 21.2. The number of esters is 1. The highest BCUT2D eigenvalue weighted by atomic mass is 16.5. The minimum Gasteiger partial charge on any atom is -0.469 e. The number of ether oxygens (including phenoxy) is 2. The largest absolute Gasteiger partial charge is 0.469 e. The second-order valence-electron chi connectivity index (χ2n) is 10.9. The maximum Gasteiger partial charge on any atom is 0.414 e. The summed E-state index contributed by atoms with van der Waals surface area (Å²) < 4.78 is 12.5. The lowest BCUT2D eigenvalue weighted by molar-refractivity contribution is -0.160. The molecular weight excluding hydrogens is 454 g/mol. The van der Waals surface area contributed by atoms with Crippen LogP contribution in [0.25, 0.3) is 11.0 Å². The third kappa shape index (κ3) is 3.59. The number of carbonyl (C=O) groups excluding carboxylic acids is 2. The van der Waals surface area contributed by atoms with E-state index in [-0.39, 0.29) is 29.4 Å². The Morgan fingerprint density at radius 3 is 2.47 bits per heavy atom. The molecule has 3 aromatic rings. The number of hydrogen-bond acceptors (Lipinski definition) is 5.